The Bertz CT molecular complexity index is 1240. The van der Waals surface area contributed by atoms with Gasteiger partial charge in [0.1, 0.15) is 0 Å². The van der Waals surface area contributed by atoms with Crippen LogP contribution in [0.3, 0.4) is 0 Å². The van der Waals surface area contributed by atoms with E-state index in [0.29, 0.717) is 45.0 Å². The molecule has 0 bridgehead atoms. The van der Waals surface area contributed by atoms with Gasteiger partial charge in [-0.2, -0.15) is 0 Å². The summed E-state index contributed by atoms with van der Waals surface area (Å²) in [6, 6.07) is 19.9. The molecule has 1 heterocycles. The predicted molar refractivity (Wildman–Crippen MR) is 131 cm³/mol. The third-order valence-electron chi connectivity index (χ3n) is 6.36. The second-order valence-corrected chi connectivity index (χ2v) is 9.40. The third kappa shape index (κ3) is 3.85. The first-order valence-electron chi connectivity index (χ1n) is 10.8. The molecule has 3 aromatic rings. The molecule has 7 heteroatoms. The van der Waals surface area contributed by atoms with Crippen molar-refractivity contribution in [3.63, 3.8) is 0 Å². The summed E-state index contributed by atoms with van der Waals surface area (Å²) in [4.78, 5) is 20.6. The lowest BCUT2D eigenvalue weighted by molar-refractivity contribution is 0.0276. The predicted octanol–water partition coefficient (Wildman–Crippen LogP) is 7.00. The maximum absolute atomic E-state index is 14.0. The van der Waals surface area contributed by atoms with Crippen molar-refractivity contribution in [1.82, 2.24) is 0 Å². The standard InChI is InChI=1S/C26H21Cl2N3O2/c1-29-21-4-2-3-18(16-21)26(33)24(15-17-5-6-17)30(22-11-7-19(27)8-12-22)25(32)31(26)23-13-9-20(28)10-14-23/h2-4,7-14,16-17,24,33H,5-6,15H2/t24-,26?/m1/s1. The van der Waals surface area contributed by atoms with Crippen LogP contribution in [0.15, 0.2) is 72.8 Å². The second kappa shape index (κ2) is 8.39. The zero-order chi connectivity index (χ0) is 23.2. The van der Waals surface area contributed by atoms with Crippen LogP contribution in [0.4, 0.5) is 21.9 Å². The van der Waals surface area contributed by atoms with Gasteiger partial charge in [-0.3, -0.25) is 9.80 Å². The largest absolute Gasteiger partial charge is 0.365 e. The molecular formula is C26H21Cl2N3O2. The van der Waals surface area contributed by atoms with E-state index in [1.165, 1.54) is 4.90 Å². The van der Waals surface area contributed by atoms with E-state index in [0.717, 1.165) is 12.8 Å². The van der Waals surface area contributed by atoms with Gasteiger partial charge in [-0.05, 0) is 72.5 Å². The monoisotopic (exact) mass is 477 g/mol. The number of amides is 2. The van der Waals surface area contributed by atoms with Crippen molar-refractivity contribution >= 4 is 46.3 Å². The smallest absolute Gasteiger partial charge is 0.332 e. The first-order chi connectivity index (χ1) is 15.9. The number of aliphatic hydroxyl groups is 1. The number of carbonyl (C=O) groups excluding carboxylic acids is 1. The van der Waals surface area contributed by atoms with E-state index in [-0.39, 0.29) is 6.03 Å². The fourth-order valence-electron chi connectivity index (χ4n) is 4.57. The Hall–Kier alpha value is -3.04. The molecule has 3 aromatic carbocycles. The lowest BCUT2D eigenvalue weighted by atomic mass is 9.89. The number of urea groups is 1. The highest BCUT2D eigenvalue weighted by molar-refractivity contribution is 6.31. The molecule has 0 spiro atoms. The van der Waals surface area contributed by atoms with Crippen molar-refractivity contribution in [2.45, 2.75) is 31.0 Å². The van der Waals surface area contributed by atoms with Crippen molar-refractivity contribution in [2.24, 2.45) is 5.92 Å². The number of carbonyl (C=O) groups is 1. The molecule has 1 aliphatic heterocycles. The number of hydrogen-bond donors (Lipinski definition) is 1. The van der Waals surface area contributed by atoms with Crippen LogP contribution in [-0.2, 0) is 5.72 Å². The molecule has 2 atom stereocenters. The van der Waals surface area contributed by atoms with Gasteiger partial charge in [0, 0.05) is 21.4 Å². The molecule has 1 unspecified atom stereocenters. The zero-order valence-electron chi connectivity index (χ0n) is 17.7. The van der Waals surface area contributed by atoms with E-state index in [1.807, 2.05) is 0 Å². The summed E-state index contributed by atoms with van der Waals surface area (Å²) in [6.07, 6.45) is 2.77. The van der Waals surface area contributed by atoms with Crippen LogP contribution in [0, 0.1) is 12.5 Å². The van der Waals surface area contributed by atoms with Gasteiger partial charge in [0.2, 0.25) is 0 Å². The molecule has 2 amide bonds. The third-order valence-corrected chi connectivity index (χ3v) is 6.86. The first kappa shape index (κ1) is 21.8. The number of halogens is 2. The van der Waals surface area contributed by atoms with Crippen LogP contribution in [0.1, 0.15) is 24.8 Å². The maximum Gasteiger partial charge on any atom is 0.332 e. The minimum atomic E-state index is -1.69. The highest BCUT2D eigenvalue weighted by atomic mass is 35.5. The van der Waals surface area contributed by atoms with Crippen molar-refractivity contribution in [2.75, 3.05) is 9.80 Å². The molecule has 2 fully saturated rings. The van der Waals surface area contributed by atoms with E-state index < -0.39 is 11.8 Å². The van der Waals surface area contributed by atoms with Crippen LogP contribution in [0.5, 0.6) is 0 Å². The van der Waals surface area contributed by atoms with Crippen molar-refractivity contribution in [3.05, 3.63) is 99.8 Å². The highest BCUT2D eigenvalue weighted by Gasteiger charge is 2.59. The quantitative estimate of drug-likeness (QED) is 0.401. The Morgan fingerprint density at radius 3 is 2.15 bits per heavy atom. The molecule has 33 heavy (non-hydrogen) atoms. The first-order valence-corrected chi connectivity index (χ1v) is 11.5. The van der Waals surface area contributed by atoms with Gasteiger partial charge in [0.25, 0.3) is 0 Å². The van der Waals surface area contributed by atoms with Crippen LogP contribution < -0.4 is 9.80 Å². The fraction of sp³-hybridized carbons (Fsp3) is 0.231. The number of hydrogen-bond acceptors (Lipinski definition) is 2. The minimum Gasteiger partial charge on any atom is -0.365 e. The lowest BCUT2D eigenvalue weighted by Crippen LogP contribution is -2.50. The molecule has 166 valence electrons. The molecule has 1 saturated heterocycles. The number of anilines is 2. The maximum atomic E-state index is 14.0. The van der Waals surface area contributed by atoms with Gasteiger partial charge in [0.15, 0.2) is 11.4 Å². The second-order valence-electron chi connectivity index (χ2n) is 8.52. The Kier molecular flexibility index (Phi) is 5.54. The molecule has 1 saturated carbocycles. The van der Waals surface area contributed by atoms with E-state index >= 15 is 0 Å². The molecule has 1 aliphatic carbocycles. The molecular weight excluding hydrogens is 457 g/mol. The highest BCUT2D eigenvalue weighted by Crippen LogP contribution is 2.49. The summed E-state index contributed by atoms with van der Waals surface area (Å²) in [6.45, 7) is 7.45. The van der Waals surface area contributed by atoms with E-state index in [1.54, 1.807) is 77.7 Å². The Morgan fingerprint density at radius 1 is 0.970 bits per heavy atom. The zero-order valence-corrected chi connectivity index (χ0v) is 19.2. The minimum absolute atomic E-state index is 0.346. The van der Waals surface area contributed by atoms with Crippen molar-refractivity contribution in [1.29, 1.82) is 0 Å². The molecule has 5 nitrogen and oxygen atoms in total. The summed E-state index contributed by atoms with van der Waals surface area (Å²) >= 11 is 12.2. The summed E-state index contributed by atoms with van der Waals surface area (Å²) in [5, 5.41) is 13.6. The van der Waals surface area contributed by atoms with Crippen LogP contribution >= 0.6 is 23.2 Å². The van der Waals surface area contributed by atoms with E-state index in [2.05, 4.69) is 4.85 Å². The molecule has 2 aliphatic rings. The van der Waals surface area contributed by atoms with Gasteiger partial charge in [-0.15, -0.1) is 0 Å². The van der Waals surface area contributed by atoms with E-state index in [9.17, 15) is 9.90 Å². The van der Waals surface area contributed by atoms with Crippen molar-refractivity contribution < 1.29 is 9.90 Å². The van der Waals surface area contributed by atoms with Gasteiger partial charge < -0.3 is 5.11 Å². The summed E-state index contributed by atoms with van der Waals surface area (Å²) in [5.74, 6) is 0.429. The Morgan fingerprint density at radius 2 is 1.58 bits per heavy atom. The number of benzene rings is 3. The SMILES string of the molecule is [C-]#[N+]c1cccc(C2(O)[C@@H](CC3CC3)N(c3ccc(Cl)cc3)C(=O)N2c2ccc(Cl)cc2)c1. The summed E-state index contributed by atoms with van der Waals surface area (Å²) in [7, 11) is 0. The molecule has 5 rings (SSSR count). The van der Waals surface area contributed by atoms with Gasteiger partial charge in [0.05, 0.1) is 12.6 Å². The Labute approximate surface area is 202 Å². The van der Waals surface area contributed by atoms with Crippen LogP contribution in [-0.4, -0.2) is 17.2 Å². The topological polar surface area (TPSA) is 48.1 Å². The summed E-state index contributed by atoms with van der Waals surface area (Å²) < 4.78 is 0. The molecule has 0 radical (unpaired) electrons. The number of rotatable bonds is 5. The average molecular weight is 478 g/mol. The van der Waals surface area contributed by atoms with Crippen molar-refractivity contribution in [3.8, 4) is 0 Å². The van der Waals surface area contributed by atoms with E-state index in [4.69, 9.17) is 29.8 Å². The Balaban J connectivity index is 1.72. The molecule has 0 aromatic heterocycles. The van der Waals surface area contributed by atoms with Gasteiger partial charge >= 0.3 is 6.03 Å². The summed E-state index contributed by atoms with van der Waals surface area (Å²) in [5.41, 5.74) is 0.401. The average Bonchev–Trinajstić information content (AvgIpc) is 3.62. The van der Waals surface area contributed by atoms with Gasteiger partial charge in [-0.25, -0.2) is 9.64 Å². The van der Waals surface area contributed by atoms with Crippen LogP contribution in [0.25, 0.3) is 4.85 Å². The normalized spacial score (nSPS) is 22.5. The number of nitrogens with zero attached hydrogens (tertiary/aromatic N) is 3. The molecule has 1 N–H and O–H groups in total. The lowest BCUT2D eigenvalue weighted by Gasteiger charge is -2.37. The van der Waals surface area contributed by atoms with Crippen LogP contribution in [0.2, 0.25) is 10.0 Å². The van der Waals surface area contributed by atoms with Gasteiger partial charge in [-0.1, -0.05) is 54.2 Å². The fourth-order valence-corrected chi connectivity index (χ4v) is 4.82.